The number of carbonyl (C=O) groups excluding carboxylic acids is 2. The fourth-order valence-corrected chi connectivity index (χ4v) is 3.37. The Morgan fingerprint density at radius 3 is 2.58 bits per heavy atom. The molecule has 0 unspecified atom stereocenters. The lowest BCUT2D eigenvalue weighted by Gasteiger charge is -2.05. The van der Waals surface area contributed by atoms with Crippen LogP contribution >= 0.6 is 11.6 Å². The fraction of sp³-hybridized carbons (Fsp3) is 0.120. The summed E-state index contributed by atoms with van der Waals surface area (Å²) >= 11 is 5.88. The molecule has 0 radical (unpaired) electrons. The minimum absolute atomic E-state index is 0.0644. The lowest BCUT2D eigenvalue weighted by molar-refractivity contribution is -0.116. The number of halogens is 1. The smallest absolute Gasteiger partial charge is 0.246 e. The summed E-state index contributed by atoms with van der Waals surface area (Å²) in [6.07, 6.45) is 6.92. The largest absolute Gasteiger partial charge is 0.342 e. The van der Waals surface area contributed by atoms with Crippen LogP contribution in [0.3, 0.4) is 0 Å². The van der Waals surface area contributed by atoms with Gasteiger partial charge in [0.25, 0.3) is 0 Å². The summed E-state index contributed by atoms with van der Waals surface area (Å²) in [6, 6.07) is 18.2. The Hall–Kier alpha value is -3.97. The molecule has 33 heavy (non-hydrogen) atoms. The second kappa shape index (κ2) is 10.1. The molecule has 0 fully saturated rings. The number of benzene rings is 2. The highest BCUT2D eigenvalue weighted by molar-refractivity contribution is 6.30. The predicted molar refractivity (Wildman–Crippen MR) is 128 cm³/mol. The molecule has 4 aromatic rings. The third kappa shape index (κ3) is 6.05. The van der Waals surface area contributed by atoms with Crippen molar-refractivity contribution in [1.82, 2.24) is 19.6 Å². The molecule has 4 rings (SSSR count). The van der Waals surface area contributed by atoms with Crippen molar-refractivity contribution in [2.24, 2.45) is 0 Å². The van der Waals surface area contributed by atoms with Crippen molar-refractivity contribution >= 4 is 35.1 Å². The van der Waals surface area contributed by atoms with Gasteiger partial charge >= 0.3 is 0 Å². The van der Waals surface area contributed by atoms with Crippen LogP contribution in [0.2, 0.25) is 5.02 Å². The number of amides is 1. The van der Waals surface area contributed by atoms with Crippen molar-refractivity contribution in [3.05, 3.63) is 107 Å². The van der Waals surface area contributed by atoms with Gasteiger partial charge in [-0.2, -0.15) is 0 Å². The zero-order valence-electron chi connectivity index (χ0n) is 18.0. The Morgan fingerprint density at radius 1 is 1.06 bits per heavy atom. The summed E-state index contributed by atoms with van der Waals surface area (Å²) < 4.78 is 3.45. The number of allylic oxidation sites excluding steroid dienone is 1. The summed E-state index contributed by atoms with van der Waals surface area (Å²) in [5.41, 5.74) is 3.99. The average molecular weight is 460 g/mol. The predicted octanol–water partition coefficient (Wildman–Crippen LogP) is 4.62. The molecule has 1 N–H and O–H groups in total. The van der Waals surface area contributed by atoms with Crippen LogP contribution in [0.4, 0.5) is 5.69 Å². The maximum absolute atomic E-state index is 12.4. The van der Waals surface area contributed by atoms with E-state index in [0.29, 0.717) is 22.8 Å². The molecule has 0 aliphatic carbocycles. The normalized spacial score (nSPS) is 11.1. The zero-order chi connectivity index (χ0) is 23.2. The Morgan fingerprint density at radius 2 is 1.82 bits per heavy atom. The first-order chi connectivity index (χ1) is 16.0. The molecule has 0 aliphatic heterocycles. The van der Waals surface area contributed by atoms with E-state index < -0.39 is 0 Å². The highest BCUT2D eigenvalue weighted by atomic mass is 35.5. The van der Waals surface area contributed by atoms with Crippen molar-refractivity contribution in [2.45, 2.75) is 20.0 Å². The van der Waals surface area contributed by atoms with Crippen molar-refractivity contribution in [2.75, 3.05) is 5.32 Å². The number of hydrogen-bond acceptors (Lipinski definition) is 4. The van der Waals surface area contributed by atoms with Crippen LogP contribution in [-0.4, -0.2) is 31.3 Å². The van der Waals surface area contributed by atoms with E-state index in [1.54, 1.807) is 36.5 Å². The van der Waals surface area contributed by atoms with E-state index in [4.69, 9.17) is 11.6 Å². The van der Waals surface area contributed by atoms with Crippen molar-refractivity contribution in [3.63, 3.8) is 0 Å². The number of aryl methyl sites for hydroxylation is 1. The van der Waals surface area contributed by atoms with Gasteiger partial charge in [-0.25, -0.2) is 4.68 Å². The zero-order valence-corrected chi connectivity index (χ0v) is 18.7. The van der Waals surface area contributed by atoms with Gasteiger partial charge in [0.15, 0.2) is 5.78 Å². The van der Waals surface area contributed by atoms with Gasteiger partial charge in [0.2, 0.25) is 5.91 Å². The molecule has 2 heterocycles. The first kappa shape index (κ1) is 22.2. The van der Waals surface area contributed by atoms with Crippen LogP contribution in [0.1, 0.15) is 27.3 Å². The Kier molecular flexibility index (Phi) is 6.80. The number of aromatic nitrogens is 4. The third-order valence-corrected chi connectivity index (χ3v) is 5.21. The van der Waals surface area contributed by atoms with Crippen molar-refractivity contribution in [3.8, 4) is 0 Å². The number of hydrogen-bond donors (Lipinski definition) is 1. The van der Waals surface area contributed by atoms with E-state index in [1.807, 2.05) is 54.1 Å². The summed E-state index contributed by atoms with van der Waals surface area (Å²) in [6.45, 7) is 2.52. The van der Waals surface area contributed by atoms with Crippen molar-refractivity contribution in [1.29, 1.82) is 0 Å². The van der Waals surface area contributed by atoms with E-state index in [9.17, 15) is 9.59 Å². The standard InChI is InChI=1S/C25H22ClN5O2/c1-18-4-10-21(11-5-18)27-25(33)17-31-16-22(28-29-31)15-30-14-2-3-23(30)12-13-24(32)19-6-8-20(26)9-7-19/h2-14,16H,15,17H2,1H3,(H,27,33)/b13-12+. The van der Waals surface area contributed by atoms with Gasteiger partial charge in [-0.05, 0) is 67.6 Å². The van der Waals surface area contributed by atoms with Crippen LogP contribution in [0.5, 0.6) is 0 Å². The molecule has 7 nitrogen and oxygen atoms in total. The molecular formula is C25H22ClN5O2. The lowest BCUT2D eigenvalue weighted by Crippen LogP contribution is -2.19. The second-order valence-electron chi connectivity index (χ2n) is 7.59. The lowest BCUT2D eigenvalue weighted by atomic mass is 10.1. The molecule has 0 atom stereocenters. The summed E-state index contributed by atoms with van der Waals surface area (Å²) in [7, 11) is 0. The summed E-state index contributed by atoms with van der Waals surface area (Å²) in [4.78, 5) is 24.7. The van der Waals surface area contributed by atoms with E-state index in [1.165, 1.54) is 10.8 Å². The average Bonchev–Trinajstić information content (AvgIpc) is 3.43. The van der Waals surface area contributed by atoms with Gasteiger partial charge in [0.05, 0.1) is 12.7 Å². The SMILES string of the molecule is Cc1ccc(NC(=O)Cn2cc(Cn3cccc3/C=C/C(=O)c3ccc(Cl)cc3)nn2)cc1. The van der Waals surface area contributed by atoms with E-state index >= 15 is 0 Å². The molecule has 0 saturated carbocycles. The number of anilines is 1. The quantitative estimate of drug-likeness (QED) is 0.308. The van der Waals surface area contributed by atoms with Gasteiger partial charge in [0.1, 0.15) is 12.2 Å². The minimum atomic E-state index is -0.180. The maximum Gasteiger partial charge on any atom is 0.246 e. The summed E-state index contributed by atoms with van der Waals surface area (Å²) in [5, 5.41) is 11.6. The van der Waals surface area contributed by atoms with Gasteiger partial charge in [0, 0.05) is 28.2 Å². The number of ketones is 1. The molecule has 8 heteroatoms. The number of nitrogens with one attached hydrogen (secondary N) is 1. The Bertz CT molecular complexity index is 1290. The summed E-state index contributed by atoms with van der Waals surface area (Å²) in [5.74, 6) is -0.287. The van der Waals surface area contributed by atoms with Gasteiger partial charge in [-0.15, -0.1) is 5.10 Å². The van der Waals surface area contributed by atoms with Crippen LogP contribution in [-0.2, 0) is 17.9 Å². The highest BCUT2D eigenvalue weighted by Gasteiger charge is 2.09. The number of rotatable bonds is 8. The van der Waals surface area contributed by atoms with Crippen LogP contribution in [0, 0.1) is 6.92 Å². The highest BCUT2D eigenvalue weighted by Crippen LogP contribution is 2.13. The van der Waals surface area contributed by atoms with E-state index in [2.05, 4.69) is 15.6 Å². The molecule has 166 valence electrons. The molecular weight excluding hydrogens is 438 g/mol. The monoisotopic (exact) mass is 459 g/mol. The molecule has 2 aromatic carbocycles. The topological polar surface area (TPSA) is 81.8 Å². The minimum Gasteiger partial charge on any atom is -0.342 e. The van der Waals surface area contributed by atoms with Gasteiger partial charge in [-0.1, -0.05) is 34.5 Å². The third-order valence-electron chi connectivity index (χ3n) is 4.96. The molecule has 0 saturated heterocycles. The second-order valence-corrected chi connectivity index (χ2v) is 8.02. The Labute approximate surface area is 196 Å². The molecule has 1 amide bonds. The molecule has 2 aromatic heterocycles. The first-order valence-corrected chi connectivity index (χ1v) is 10.7. The first-order valence-electron chi connectivity index (χ1n) is 10.3. The van der Waals surface area contributed by atoms with Gasteiger partial charge in [-0.3, -0.25) is 9.59 Å². The molecule has 0 aliphatic rings. The van der Waals surface area contributed by atoms with Crippen LogP contribution in [0.25, 0.3) is 6.08 Å². The Balaban J connectivity index is 1.36. The van der Waals surface area contributed by atoms with Crippen molar-refractivity contribution < 1.29 is 9.59 Å². The van der Waals surface area contributed by atoms with Crippen LogP contribution < -0.4 is 5.32 Å². The van der Waals surface area contributed by atoms with Crippen LogP contribution in [0.15, 0.2) is 79.1 Å². The van der Waals surface area contributed by atoms with E-state index in [-0.39, 0.29) is 18.2 Å². The number of nitrogens with zero attached hydrogens (tertiary/aromatic N) is 4. The maximum atomic E-state index is 12.4. The van der Waals surface area contributed by atoms with Gasteiger partial charge < -0.3 is 9.88 Å². The number of carbonyl (C=O) groups is 2. The molecule has 0 spiro atoms. The fourth-order valence-electron chi connectivity index (χ4n) is 3.24. The molecule has 0 bridgehead atoms. The van der Waals surface area contributed by atoms with E-state index in [0.717, 1.165) is 16.9 Å².